The Bertz CT molecular complexity index is 816. The number of nitrogens with zero attached hydrogens (tertiary/aromatic N) is 5. The van der Waals surface area contributed by atoms with Crippen LogP contribution in [0.3, 0.4) is 0 Å². The van der Waals surface area contributed by atoms with E-state index in [1.54, 1.807) is 24.5 Å². The van der Waals surface area contributed by atoms with Crippen LogP contribution in [-0.2, 0) is 7.05 Å². The van der Waals surface area contributed by atoms with E-state index in [2.05, 4.69) is 25.4 Å². The predicted octanol–water partition coefficient (Wildman–Crippen LogP) is 3.26. The van der Waals surface area contributed by atoms with E-state index in [0.717, 1.165) is 10.2 Å². The predicted molar refractivity (Wildman–Crippen MR) is 81.4 cm³/mol. The van der Waals surface area contributed by atoms with Gasteiger partial charge < -0.3 is 5.32 Å². The van der Waals surface area contributed by atoms with E-state index in [-0.39, 0.29) is 11.4 Å². The second-order valence-electron chi connectivity index (χ2n) is 4.95. The van der Waals surface area contributed by atoms with Crippen LogP contribution in [0, 0.1) is 6.92 Å². The molecule has 118 valence electrons. The third kappa shape index (κ3) is 3.15. The monoisotopic (exact) mass is 316 g/mol. The Labute approximate surface area is 131 Å². The van der Waals surface area contributed by atoms with E-state index in [9.17, 15) is 8.78 Å². The second-order valence-corrected chi connectivity index (χ2v) is 4.95. The van der Waals surface area contributed by atoms with Crippen molar-refractivity contribution in [3.05, 3.63) is 48.2 Å². The molecule has 1 N–H and O–H groups in total. The molecule has 0 aliphatic heterocycles. The molecule has 0 aromatic carbocycles. The summed E-state index contributed by atoms with van der Waals surface area (Å²) in [6.07, 6.45) is 2.02. The molecule has 0 atom stereocenters. The first-order chi connectivity index (χ1) is 11.0. The lowest BCUT2D eigenvalue weighted by Crippen LogP contribution is -2.03. The van der Waals surface area contributed by atoms with Crippen LogP contribution in [0.1, 0.15) is 17.8 Å². The molecule has 3 rings (SSSR count). The number of hydrogen-bond donors (Lipinski definition) is 1. The average molecular weight is 316 g/mol. The van der Waals surface area contributed by atoms with Gasteiger partial charge in [0.2, 0.25) is 0 Å². The Kier molecular flexibility index (Phi) is 3.96. The van der Waals surface area contributed by atoms with Crippen LogP contribution in [0.4, 0.5) is 20.3 Å². The van der Waals surface area contributed by atoms with Crippen molar-refractivity contribution >= 4 is 11.5 Å². The Morgan fingerprint density at radius 2 is 2.04 bits per heavy atom. The molecule has 0 radical (unpaired) electrons. The number of aryl methyl sites for hydroxylation is 2. The fraction of sp³-hybridized carbons (Fsp3) is 0.200. The number of hydrogen-bond acceptors (Lipinski definition) is 5. The largest absolute Gasteiger partial charge is 0.337 e. The summed E-state index contributed by atoms with van der Waals surface area (Å²) in [5.74, 6) is 0.898. The zero-order valence-corrected chi connectivity index (χ0v) is 12.5. The smallest absolute Gasteiger partial charge is 0.282 e. The lowest BCUT2D eigenvalue weighted by Gasteiger charge is -2.09. The standard InChI is InChI=1S/C15H14F2N6/c1-9-6-12(21-11-8-19-23(2)13(11)14(16)17)22-15(20-9)10-4-3-5-18-7-10/h3-8,14H,1-2H3,(H,20,21,22). The molecule has 0 spiro atoms. The van der Waals surface area contributed by atoms with Gasteiger partial charge in [-0.05, 0) is 19.1 Å². The van der Waals surface area contributed by atoms with E-state index in [4.69, 9.17) is 0 Å². The van der Waals surface area contributed by atoms with Crippen LogP contribution in [0.5, 0.6) is 0 Å². The number of rotatable bonds is 4. The van der Waals surface area contributed by atoms with Gasteiger partial charge in [0.25, 0.3) is 6.43 Å². The highest BCUT2D eigenvalue weighted by molar-refractivity contribution is 5.62. The number of pyridine rings is 1. The zero-order valence-electron chi connectivity index (χ0n) is 12.5. The highest BCUT2D eigenvalue weighted by Gasteiger charge is 2.19. The van der Waals surface area contributed by atoms with Gasteiger partial charge in [-0.2, -0.15) is 5.10 Å². The van der Waals surface area contributed by atoms with E-state index in [0.29, 0.717) is 17.3 Å². The summed E-state index contributed by atoms with van der Waals surface area (Å²) < 4.78 is 27.4. The maximum atomic E-state index is 13.1. The van der Waals surface area contributed by atoms with Gasteiger partial charge in [0.1, 0.15) is 11.5 Å². The summed E-state index contributed by atoms with van der Waals surface area (Å²) in [5.41, 5.74) is 1.49. The number of alkyl halides is 2. The molecule has 8 heteroatoms. The molecule has 6 nitrogen and oxygen atoms in total. The summed E-state index contributed by atoms with van der Waals surface area (Å²) in [7, 11) is 1.47. The van der Waals surface area contributed by atoms with Crippen molar-refractivity contribution in [3.63, 3.8) is 0 Å². The molecule has 0 saturated carbocycles. The second kappa shape index (κ2) is 6.07. The summed E-state index contributed by atoms with van der Waals surface area (Å²) in [4.78, 5) is 12.7. The molecular formula is C15H14F2N6. The molecule has 0 unspecified atom stereocenters. The quantitative estimate of drug-likeness (QED) is 0.800. The summed E-state index contributed by atoms with van der Waals surface area (Å²) >= 11 is 0. The Morgan fingerprint density at radius 1 is 1.22 bits per heavy atom. The Hall–Kier alpha value is -2.90. The SMILES string of the molecule is Cc1cc(Nc2cnn(C)c2C(F)F)nc(-c2cccnc2)n1. The molecule has 0 aliphatic carbocycles. The molecule has 23 heavy (non-hydrogen) atoms. The van der Waals surface area contributed by atoms with Crippen LogP contribution in [0.15, 0.2) is 36.8 Å². The van der Waals surface area contributed by atoms with Gasteiger partial charge >= 0.3 is 0 Å². The van der Waals surface area contributed by atoms with Gasteiger partial charge in [-0.15, -0.1) is 0 Å². The molecule has 0 fully saturated rings. The number of aromatic nitrogens is 5. The summed E-state index contributed by atoms with van der Waals surface area (Å²) in [6.45, 7) is 1.81. The van der Waals surface area contributed by atoms with Crippen molar-refractivity contribution in [2.24, 2.45) is 7.05 Å². The van der Waals surface area contributed by atoms with Crippen LogP contribution < -0.4 is 5.32 Å². The minimum absolute atomic E-state index is 0.191. The molecule has 3 aromatic rings. The van der Waals surface area contributed by atoms with E-state index in [1.165, 1.54) is 13.2 Å². The molecule has 0 bridgehead atoms. The van der Waals surface area contributed by atoms with Crippen molar-refractivity contribution in [1.82, 2.24) is 24.7 Å². The third-order valence-electron chi connectivity index (χ3n) is 3.23. The van der Waals surface area contributed by atoms with Gasteiger partial charge in [0.05, 0.1) is 11.9 Å². The van der Waals surface area contributed by atoms with Crippen molar-refractivity contribution < 1.29 is 8.78 Å². The van der Waals surface area contributed by atoms with Crippen LogP contribution >= 0.6 is 0 Å². The number of nitrogens with one attached hydrogen (secondary N) is 1. The molecular weight excluding hydrogens is 302 g/mol. The Morgan fingerprint density at radius 3 is 2.74 bits per heavy atom. The number of anilines is 2. The van der Waals surface area contributed by atoms with Gasteiger partial charge in [-0.3, -0.25) is 9.67 Å². The normalized spacial score (nSPS) is 11.0. The zero-order chi connectivity index (χ0) is 16.4. The minimum Gasteiger partial charge on any atom is -0.337 e. The molecule has 0 amide bonds. The highest BCUT2D eigenvalue weighted by Crippen LogP contribution is 2.28. The maximum absolute atomic E-state index is 13.1. The highest BCUT2D eigenvalue weighted by atomic mass is 19.3. The van der Waals surface area contributed by atoms with Crippen LogP contribution in [0.2, 0.25) is 0 Å². The van der Waals surface area contributed by atoms with E-state index in [1.807, 2.05) is 13.0 Å². The third-order valence-corrected chi connectivity index (χ3v) is 3.23. The molecule has 3 aromatic heterocycles. The summed E-state index contributed by atoms with van der Waals surface area (Å²) in [6, 6.07) is 5.30. The van der Waals surface area contributed by atoms with Crippen LogP contribution in [-0.4, -0.2) is 24.7 Å². The van der Waals surface area contributed by atoms with Gasteiger partial charge in [-0.1, -0.05) is 0 Å². The van der Waals surface area contributed by atoms with E-state index >= 15 is 0 Å². The number of halogens is 2. The lowest BCUT2D eigenvalue weighted by atomic mass is 10.2. The van der Waals surface area contributed by atoms with Crippen molar-refractivity contribution in [2.45, 2.75) is 13.3 Å². The van der Waals surface area contributed by atoms with Crippen molar-refractivity contribution in [2.75, 3.05) is 5.32 Å². The van der Waals surface area contributed by atoms with Crippen LogP contribution in [0.25, 0.3) is 11.4 Å². The first-order valence-electron chi connectivity index (χ1n) is 6.87. The fourth-order valence-electron chi connectivity index (χ4n) is 2.20. The topological polar surface area (TPSA) is 68.5 Å². The summed E-state index contributed by atoms with van der Waals surface area (Å²) in [5, 5.41) is 6.75. The van der Waals surface area contributed by atoms with Gasteiger partial charge in [-0.25, -0.2) is 18.7 Å². The molecule has 0 aliphatic rings. The van der Waals surface area contributed by atoms with Gasteiger partial charge in [0, 0.05) is 36.8 Å². The lowest BCUT2D eigenvalue weighted by molar-refractivity contribution is 0.141. The molecule has 0 saturated heterocycles. The first kappa shape index (κ1) is 15.0. The minimum atomic E-state index is -2.63. The maximum Gasteiger partial charge on any atom is 0.282 e. The van der Waals surface area contributed by atoms with Crippen molar-refractivity contribution in [3.8, 4) is 11.4 Å². The first-order valence-corrected chi connectivity index (χ1v) is 6.87. The Balaban J connectivity index is 1.97. The van der Waals surface area contributed by atoms with Crippen molar-refractivity contribution in [1.29, 1.82) is 0 Å². The van der Waals surface area contributed by atoms with Gasteiger partial charge in [0.15, 0.2) is 5.82 Å². The fourth-order valence-corrected chi connectivity index (χ4v) is 2.20. The van der Waals surface area contributed by atoms with E-state index < -0.39 is 6.43 Å². The molecule has 3 heterocycles. The average Bonchev–Trinajstić information content (AvgIpc) is 2.88.